The summed E-state index contributed by atoms with van der Waals surface area (Å²) in [7, 11) is -7.85. The zero-order chi connectivity index (χ0) is 23.8. The largest absolute Gasteiger partial charge is 0.297 e. The maximum Gasteiger partial charge on any atom is 0.297 e. The summed E-state index contributed by atoms with van der Waals surface area (Å²) < 4.78 is 62.2. The molecular weight excluding hydrogens is 472 g/mol. The molecule has 5 rings (SSSR count). The molecule has 1 fully saturated rings. The maximum atomic E-state index is 12.8. The third kappa shape index (κ3) is 4.86. The van der Waals surface area contributed by atoms with Crippen LogP contribution in [0.3, 0.4) is 0 Å². The minimum absolute atomic E-state index is 0.114. The molecule has 1 aliphatic rings. The van der Waals surface area contributed by atoms with Gasteiger partial charge in [0, 0.05) is 0 Å². The number of rotatable bonds is 6. The Hall–Kier alpha value is -2.78. The monoisotopic (exact) mass is 496 g/mol. The summed E-state index contributed by atoms with van der Waals surface area (Å²) in [6.07, 6.45) is 0.546. The Balaban J connectivity index is 1.22. The molecular formula is C26H24O6S2. The summed E-state index contributed by atoms with van der Waals surface area (Å²) >= 11 is 0. The fraction of sp³-hybridized carbons (Fsp3) is 0.231. The lowest BCUT2D eigenvalue weighted by atomic mass is 9.95. The molecule has 0 atom stereocenters. The van der Waals surface area contributed by atoms with E-state index in [0.29, 0.717) is 25.7 Å². The lowest BCUT2D eigenvalue weighted by Crippen LogP contribution is -2.30. The predicted octanol–water partition coefficient (Wildman–Crippen LogP) is 5.42. The third-order valence-corrected chi connectivity index (χ3v) is 8.88. The topological polar surface area (TPSA) is 86.7 Å². The Kier molecular flexibility index (Phi) is 6.16. The Bertz CT molecular complexity index is 1430. The normalized spacial score (nSPS) is 19.4. The molecule has 0 N–H and O–H groups in total. The molecule has 1 aliphatic carbocycles. The van der Waals surface area contributed by atoms with Gasteiger partial charge in [0.1, 0.15) is 0 Å². The standard InChI is InChI=1S/C26H24O6S2/c27-33(28,25-15-9-19-5-1-3-7-21(19)17-25)31-23-11-13-24(14-12-23)32-34(29,30)26-16-10-20-6-2-4-8-22(20)18-26/h1-10,15-18,23-24H,11-14H2. The summed E-state index contributed by atoms with van der Waals surface area (Å²) in [5.41, 5.74) is 0. The molecule has 0 unspecified atom stereocenters. The van der Waals surface area contributed by atoms with Crippen LogP contribution in [0.2, 0.25) is 0 Å². The fourth-order valence-electron chi connectivity index (χ4n) is 4.34. The zero-order valence-electron chi connectivity index (χ0n) is 18.3. The smallest absolute Gasteiger partial charge is 0.263 e. The minimum atomic E-state index is -3.93. The maximum absolute atomic E-state index is 12.8. The van der Waals surface area contributed by atoms with E-state index in [9.17, 15) is 16.8 Å². The van der Waals surface area contributed by atoms with E-state index >= 15 is 0 Å². The third-order valence-electron chi connectivity index (χ3n) is 6.17. The molecule has 6 nitrogen and oxygen atoms in total. The van der Waals surface area contributed by atoms with Crippen LogP contribution >= 0.6 is 0 Å². The highest BCUT2D eigenvalue weighted by Crippen LogP contribution is 2.30. The molecule has 34 heavy (non-hydrogen) atoms. The van der Waals surface area contributed by atoms with Crippen LogP contribution in [0.4, 0.5) is 0 Å². The summed E-state index contributed by atoms with van der Waals surface area (Å²) in [6, 6.07) is 24.9. The molecule has 0 aliphatic heterocycles. The van der Waals surface area contributed by atoms with Gasteiger partial charge < -0.3 is 0 Å². The van der Waals surface area contributed by atoms with Gasteiger partial charge in [-0.1, -0.05) is 60.7 Å². The molecule has 1 saturated carbocycles. The first-order valence-corrected chi connectivity index (χ1v) is 14.0. The lowest BCUT2D eigenvalue weighted by Gasteiger charge is -2.27. The van der Waals surface area contributed by atoms with Gasteiger partial charge in [-0.25, -0.2) is 0 Å². The van der Waals surface area contributed by atoms with Crippen molar-refractivity contribution in [2.24, 2.45) is 0 Å². The van der Waals surface area contributed by atoms with Gasteiger partial charge in [0.25, 0.3) is 20.2 Å². The molecule has 0 aromatic heterocycles. The summed E-state index contributed by atoms with van der Waals surface area (Å²) in [5.74, 6) is 0. The van der Waals surface area contributed by atoms with E-state index in [0.717, 1.165) is 21.5 Å². The minimum Gasteiger partial charge on any atom is -0.263 e. The van der Waals surface area contributed by atoms with Gasteiger partial charge in [0.15, 0.2) is 0 Å². The van der Waals surface area contributed by atoms with E-state index in [2.05, 4.69) is 0 Å². The van der Waals surface area contributed by atoms with Crippen LogP contribution in [-0.2, 0) is 28.6 Å². The molecule has 0 saturated heterocycles. The van der Waals surface area contributed by atoms with Crippen LogP contribution in [0.25, 0.3) is 21.5 Å². The Morgan fingerprint density at radius 2 is 0.853 bits per heavy atom. The molecule has 0 amide bonds. The first kappa shape index (κ1) is 23.0. The van der Waals surface area contributed by atoms with Crippen molar-refractivity contribution >= 4 is 41.8 Å². The second-order valence-corrected chi connectivity index (χ2v) is 11.7. The van der Waals surface area contributed by atoms with Crippen molar-refractivity contribution in [2.75, 3.05) is 0 Å². The number of benzene rings is 4. The summed E-state index contributed by atoms with van der Waals surface area (Å²) in [6.45, 7) is 0. The van der Waals surface area contributed by atoms with Gasteiger partial charge >= 0.3 is 0 Å². The zero-order valence-corrected chi connectivity index (χ0v) is 20.0. The van der Waals surface area contributed by atoms with Gasteiger partial charge in [-0.15, -0.1) is 0 Å². The Labute approximate surface area is 199 Å². The van der Waals surface area contributed by atoms with Crippen LogP contribution in [-0.4, -0.2) is 29.0 Å². The van der Waals surface area contributed by atoms with E-state index in [4.69, 9.17) is 8.37 Å². The first-order valence-electron chi connectivity index (χ1n) is 11.1. The van der Waals surface area contributed by atoms with Crippen LogP contribution in [0.15, 0.2) is 94.7 Å². The average molecular weight is 497 g/mol. The van der Waals surface area contributed by atoms with Gasteiger partial charge in [-0.05, 0) is 71.5 Å². The molecule has 4 aromatic carbocycles. The van der Waals surface area contributed by atoms with E-state index in [-0.39, 0.29) is 9.79 Å². The summed E-state index contributed by atoms with van der Waals surface area (Å²) in [4.78, 5) is 0.229. The first-order chi connectivity index (χ1) is 16.3. The molecule has 0 bridgehead atoms. The SMILES string of the molecule is O=S(=O)(OC1CCC(OS(=O)(=O)c2ccc3ccccc3c2)CC1)c1ccc2ccccc2c1. The summed E-state index contributed by atoms with van der Waals surface area (Å²) in [5, 5.41) is 3.55. The van der Waals surface area contributed by atoms with Crippen LogP contribution in [0.1, 0.15) is 25.7 Å². The molecule has 0 spiro atoms. The Morgan fingerprint density at radius 1 is 0.500 bits per heavy atom. The van der Waals surface area contributed by atoms with Crippen molar-refractivity contribution in [3.8, 4) is 0 Å². The van der Waals surface area contributed by atoms with Gasteiger partial charge in [-0.2, -0.15) is 16.8 Å². The highest BCUT2D eigenvalue weighted by Gasteiger charge is 2.30. The fourth-order valence-corrected chi connectivity index (χ4v) is 6.68. The van der Waals surface area contributed by atoms with Crippen LogP contribution in [0, 0.1) is 0 Å². The highest BCUT2D eigenvalue weighted by molar-refractivity contribution is 7.87. The van der Waals surface area contributed by atoms with Crippen molar-refractivity contribution in [1.29, 1.82) is 0 Å². The van der Waals surface area contributed by atoms with E-state index < -0.39 is 32.4 Å². The molecule has 8 heteroatoms. The molecule has 0 radical (unpaired) electrons. The Morgan fingerprint density at radius 3 is 1.24 bits per heavy atom. The second kappa shape index (κ2) is 9.11. The quantitative estimate of drug-likeness (QED) is 0.332. The van der Waals surface area contributed by atoms with Crippen LogP contribution < -0.4 is 0 Å². The van der Waals surface area contributed by atoms with Gasteiger partial charge in [-0.3, -0.25) is 8.37 Å². The second-order valence-electron chi connectivity index (χ2n) is 8.52. The molecule has 0 heterocycles. The highest BCUT2D eigenvalue weighted by atomic mass is 32.2. The number of fused-ring (bicyclic) bond motifs is 2. The van der Waals surface area contributed by atoms with E-state index in [1.807, 2.05) is 48.5 Å². The van der Waals surface area contributed by atoms with Gasteiger partial charge in [0.05, 0.1) is 22.0 Å². The van der Waals surface area contributed by atoms with Gasteiger partial charge in [0.2, 0.25) is 0 Å². The van der Waals surface area contributed by atoms with Crippen molar-refractivity contribution in [1.82, 2.24) is 0 Å². The number of hydrogen-bond acceptors (Lipinski definition) is 6. The lowest BCUT2D eigenvalue weighted by molar-refractivity contribution is 0.0878. The van der Waals surface area contributed by atoms with Crippen LogP contribution in [0.5, 0.6) is 0 Å². The molecule has 4 aromatic rings. The molecule has 176 valence electrons. The van der Waals surface area contributed by atoms with Crippen molar-refractivity contribution in [2.45, 2.75) is 47.7 Å². The van der Waals surface area contributed by atoms with Crippen molar-refractivity contribution in [3.63, 3.8) is 0 Å². The average Bonchev–Trinajstić information content (AvgIpc) is 2.84. The van der Waals surface area contributed by atoms with E-state index in [1.165, 1.54) is 0 Å². The number of hydrogen-bond donors (Lipinski definition) is 0. The van der Waals surface area contributed by atoms with E-state index in [1.54, 1.807) is 36.4 Å². The van der Waals surface area contributed by atoms with Crippen molar-refractivity contribution < 1.29 is 25.2 Å². The predicted molar refractivity (Wildman–Crippen MR) is 130 cm³/mol. The van der Waals surface area contributed by atoms with Crippen molar-refractivity contribution in [3.05, 3.63) is 84.9 Å².